The summed E-state index contributed by atoms with van der Waals surface area (Å²) in [6.07, 6.45) is 0.760. The predicted molar refractivity (Wildman–Crippen MR) is 36.5 cm³/mol. The Balaban J connectivity index is 2.95. The van der Waals surface area contributed by atoms with Gasteiger partial charge in [0.25, 0.3) is 0 Å². The van der Waals surface area contributed by atoms with Gasteiger partial charge in [0.1, 0.15) is 6.79 Å². The summed E-state index contributed by atoms with van der Waals surface area (Å²) in [5, 5.41) is 0. The highest BCUT2D eigenvalue weighted by Gasteiger charge is 1.91. The molecule has 0 fully saturated rings. The highest BCUT2D eigenvalue weighted by molar-refractivity contribution is 5.46. The van der Waals surface area contributed by atoms with Crippen molar-refractivity contribution >= 4 is 6.41 Å². The Kier molecular flexibility index (Phi) is 6.11. The predicted octanol–water partition coefficient (Wildman–Crippen LogP) is -0.305. The first-order valence-electron chi connectivity index (χ1n) is 3.03. The molecule has 0 N–H and O–H groups in total. The number of carbonyl (C=O) groups is 1. The number of carbonyl (C=O) groups excluding carboxylic acids is 1. The molecule has 0 rings (SSSR count). The molecule has 0 atom stereocenters. The van der Waals surface area contributed by atoms with Crippen molar-refractivity contribution in [1.82, 2.24) is 4.90 Å². The average Bonchev–Trinajstić information content (AvgIpc) is 1.98. The molecule has 0 bridgehead atoms. The van der Waals surface area contributed by atoms with Crippen molar-refractivity contribution in [2.75, 3.05) is 34.1 Å². The molecule has 4 nitrogen and oxygen atoms in total. The first kappa shape index (κ1) is 9.39. The summed E-state index contributed by atoms with van der Waals surface area (Å²) in [5.41, 5.74) is 0. The Morgan fingerprint density at radius 2 is 2.30 bits per heavy atom. The quantitative estimate of drug-likeness (QED) is 0.294. The van der Waals surface area contributed by atoms with Crippen LogP contribution in [-0.2, 0) is 14.3 Å². The Morgan fingerprint density at radius 3 is 2.80 bits per heavy atom. The summed E-state index contributed by atoms with van der Waals surface area (Å²) in [4.78, 5) is 11.5. The lowest BCUT2D eigenvalue weighted by atomic mass is 10.6. The van der Waals surface area contributed by atoms with E-state index in [1.807, 2.05) is 0 Å². The van der Waals surface area contributed by atoms with E-state index >= 15 is 0 Å². The lowest BCUT2D eigenvalue weighted by Gasteiger charge is -2.09. The zero-order valence-electron chi connectivity index (χ0n) is 6.37. The molecule has 0 unspecified atom stereocenters. The number of rotatable bonds is 6. The fraction of sp³-hybridized carbons (Fsp3) is 0.833. The molecule has 1 amide bonds. The van der Waals surface area contributed by atoms with E-state index in [0.29, 0.717) is 13.2 Å². The molecule has 10 heavy (non-hydrogen) atoms. The fourth-order valence-electron chi connectivity index (χ4n) is 0.404. The summed E-state index contributed by atoms with van der Waals surface area (Å²) in [6, 6.07) is 0. The summed E-state index contributed by atoms with van der Waals surface area (Å²) < 4.78 is 9.56. The van der Waals surface area contributed by atoms with Crippen molar-refractivity contribution in [3.63, 3.8) is 0 Å². The van der Waals surface area contributed by atoms with E-state index in [4.69, 9.17) is 4.74 Å². The zero-order chi connectivity index (χ0) is 7.82. The van der Waals surface area contributed by atoms with E-state index in [1.54, 1.807) is 14.2 Å². The number of likely N-dealkylation sites (N-methyl/N-ethyl adjacent to an activating group) is 1. The van der Waals surface area contributed by atoms with Gasteiger partial charge in [-0.25, -0.2) is 0 Å². The number of amides is 1. The molecule has 0 saturated carbocycles. The Hall–Kier alpha value is -0.610. The van der Waals surface area contributed by atoms with Crippen LogP contribution in [-0.4, -0.2) is 45.4 Å². The number of methoxy groups -OCH3 is 1. The molecule has 0 spiro atoms. The molecule has 0 aromatic rings. The van der Waals surface area contributed by atoms with Crippen LogP contribution in [0.15, 0.2) is 0 Å². The van der Waals surface area contributed by atoms with Crippen LogP contribution < -0.4 is 0 Å². The van der Waals surface area contributed by atoms with E-state index < -0.39 is 0 Å². The van der Waals surface area contributed by atoms with Gasteiger partial charge in [0, 0.05) is 20.7 Å². The molecular formula is C6H13NO3. The molecule has 0 aliphatic heterocycles. The van der Waals surface area contributed by atoms with E-state index in [0.717, 1.165) is 6.41 Å². The third-order valence-electron chi connectivity index (χ3n) is 0.969. The SMILES string of the molecule is COCOCCN(C)C=O. The molecule has 0 radical (unpaired) electrons. The highest BCUT2D eigenvalue weighted by atomic mass is 16.7. The molecule has 0 aromatic carbocycles. The van der Waals surface area contributed by atoms with Crippen LogP contribution in [0.1, 0.15) is 0 Å². The minimum atomic E-state index is 0.284. The summed E-state index contributed by atoms with van der Waals surface area (Å²) in [7, 11) is 3.26. The van der Waals surface area contributed by atoms with Crippen molar-refractivity contribution in [2.24, 2.45) is 0 Å². The monoisotopic (exact) mass is 147 g/mol. The Labute approximate surface area is 60.7 Å². The van der Waals surface area contributed by atoms with Crippen LogP contribution in [0.25, 0.3) is 0 Å². The number of nitrogens with zero attached hydrogens (tertiary/aromatic N) is 1. The van der Waals surface area contributed by atoms with Crippen molar-refractivity contribution in [3.05, 3.63) is 0 Å². The summed E-state index contributed by atoms with van der Waals surface area (Å²) in [5.74, 6) is 0. The van der Waals surface area contributed by atoms with Gasteiger partial charge in [-0.15, -0.1) is 0 Å². The second-order valence-electron chi connectivity index (χ2n) is 1.90. The van der Waals surface area contributed by atoms with Gasteiger partial charge in [-0.3, -0.25) is 4.79 Å². The summed E-state index contributed by atoms with van der Waals surface area (Å²) >= 11 is 0. The molecule has 60 valence electrons. The van der Waals surface area contributed by atoms with Crippen LogP contribution in [0.5, 0.6) is 0 Å². The number of hydrogen-bond donors (Lipinski definition) is 0. The van der Waals surface area contributed by atoms with Gasteiger partial charge in [0.2, 0.25) is 6.41 Å². The molecule has 0 aromatic heterocycles. The van der Waals surface area contributed by atoms with Crippen LogP contribution in [0.4, 0.5) is 0 Å². The Morgan fingerprint density at radius 1 is 1.60 bits per heavy atom. The minimum Gasteiger partial charge on any atom is -0.359 e. The molecule has 0 aliphatic rings. The average molecular weight is 147 g/mol. The lowest BCUT2D eigenvalue weighted by Crippen LogP contribution is -2.21. The fourth-order valence-corrected chi connectivity index (χ4v) is 0.404. The van der Waals surface area contributed by atoms with E-state index in [-0.39, 0.29) is 6.79 Å². The van der Waals surface area contributed by atoms with Crippen LogP contribution in [0.2, 0.25) is 0 Å². The Bertz CT molecular complexity index is 87.1. The first-order valence-corrected chi connectivity index (χ1v) is 3.03. The van der Waals surface area contributed by atoms with Gasteiger partial charge >= 0.3 is 0 Å². The first-order chi connectivity index (χ1) is 4.81. The second-order valence-corrected chi connectivity index (χ2v) is 1.90. The molecule has 0 heterocycles. The standard InChI is InChI=1S/C6H13NO3/c1-7(5-8)3-4-10-6-9-2/h5H,3-4,6H2,1-2H3. The second kappa shape index (κ2) is 6.51. The van der Waals surface area contributed by atoms with Crippen molar-refractivity contribution in [2.45, 2.75) is 0 Å². The van der Waals surface area contributed by atoms with Crippen LogP contribution in [0.3, 0.4) is 0 Å². The van der Waals surface area contributed by atoms with Crippen LogP contribution in [0, 0.1) is 0 Å². The number of hydrogen-bond acceptors (Lipinski definition) is 3. The molecule has 0 aliphatic carbocycles. The minimum absolute atomic E-state index is 0.284. The van der Waals surface area contributed by atoms with E-state index in [2.05, 4.69) is 4.74 Å². The van der Waals surface area contributed by atoms with Crippen molar-refractivity contribution in [3.8, 4) is 0 Å². The van der Waals surface area contributed by atoms with Gasteiger partial charge in [0.05, 0.1) is 6.61 Å². The van der Waals surface area contributed by atoms with Crippen LogP contribution >= 0.6 is 0 Å². The third-order valence-corrected chi connectivity index (χ3v) is 0.969. The van der Waals surface area contributed by atoms with Gasteiger partial charge in [-0.1, -0.05) is 0 Å². The van der Waals surface area contributed by atoms with Gasteiger partial charge in [0.15, 0.2) is 0 Å². The maximum absolute atomic E-state index is 10.0. The smallest absolute Gasteiger partial charge is 0.209 e. The zero-order valence-corrected chi connectivity index (χ0v) is 6.37. The lowest BCUT2D eigenvalue weighted by molar-refractivity contribution is -0.118. The van der Waals surface area contributed by atoms with Crippen molar-refractivity contribution in [1.29, 1.82) is 0 Å². The number of ether oxygens (including phenoxy) is 2. The molecule has 4 heteroatoms. The largest absolute Gasteiger partial charge is 0.359 e. The molecule has 0 saturated heterocycles. The topological polar surface area (TPSA) is 38.8 Å². The maximum Gasteiger partial charge on any atom is 0.209 e. The van der Waals surface area contributed by atoms with Crippen molar-refractivity contribution < 1.29 is 14.3 Å². The maximum atomic E-state index is 10.0. The summed E-state index contributed by atoms with van der Waals surface area (Å²) in [6.45, 7) is 1.41. The van der Waals surface area contributed by atoms with E-state index in [1.165, 1.54) is 4.90 Å². The normalized spacial score (nSPS) is 9.40. The van der Waals surface area contributed by atoms with Gasteiger partial charge in [-0.05, 0) is 0 Å². The third kappa shape index (κ3) is 5.53. The highest BCUT2D eigenvalue weighted by Crippen LogP contribution is 1.78. The van der Waals surface area contributed by atoms with Gasteiger partial charge in [-0.2, -0.15) is 0 Å². The van der Waals surface area contributed by atoms with Gasteiger partial charge < -0.3 is 14.4 Å². The molecular weight excluding hydrogens is 134 g/mol. The van der Waals surface area contributed by atoms with E-state index in [9.17, 15) is 4.79 Å².